The number of aliphatic hydroxyl groups excluding tert-OH is 1. The van der Waals surface area contributed by atoms with Crippen LogP contribution in [0.1, 0.15) is 19.2 Å². The topological polar surface area (TPSA) is 82.4 Å². The minimum atomic E-state index is -0.338. The molecule has 3 aromatic rings. The molecule has 1 aromatic carbocycles. The monoisotopic (exact) mass is 301 g/mol. The summed E-state index contributed by atoms with van der Waals surface area (Å²) in [5, 5.41) is 10.2. The van der Waals surface area contributed by atoms with E-state index in [0.717, 1.165) is 11.9 Å². The lowest BCUT2D eigenvalue weighted by molar-refractivity contribution is 0.162. The van der Waals surface area contributed by atoms with E-state index < -0.39 is 0 Å². The summed E-state index contributed by atoms with van der Waals surface area (Å²) >= 11 is 0. The number of aromatic amines is 1. The fourth-order valence-corrected chi connectivity index (χ4v) is 2.46. The molecule has 22 heavy (non-hydrogen) atoms. The second-order valence-electron chi connectivity index (χ2n) is 5.66. The van der Waals surface area contributed by atoms with Crippen LogP contribution in [0.25, 0.3) is 22.1 Å². The van der Waals surface area contributed by atoms with Crippen molar-refractivity contribution in [1.82, 2.24) is 14.9 Å². The number of fused-ring (bicyclic) bond motifs is 3. The van der Waals surface area contributed by atoms with E-state index in [1.807, 2.05) is 36.2 Å². The van der Waals surface area contributed by atoms with Crippen LogP contribution < -0.4 is 5.56 Å². The number of aromatic nitrogens is 2. The predicted octanol–water partition coefficient (Wildman–Crippen LogP) is 1.87. The van der Waals surface area contributed by atoms with E-state index >= 15 is 0 Å². The van der Waals surface area contributed by atoms with Crippen LogP contribution in [0.5, 0.6) is 0 Å². The minimum absolute atomic E-state index is 0.261. The van der Waals surface area contributed by atoms with Crippen molar-refractivity contribution in [2.24, 2.45) is 0 Å². The van der Waals surface area contributed by atoms with E-state index in [9.17, 15) is 9.90 Å². The van der Waals surface area contributed by atoms with Crippen molar-refractivity contribution >= 4 is 22.1 Å². The predicted molar refractivity (Wildman–Crippen MR) is 84.8 cm³/mol. The highest BCUT2D eigenvalue weighted by molar-refractivity contribution is 6.01. The average Bonchev–Trinajstić information content (AvgIpc) is 2.85. The number of hydrogen-bond donors (Lipinski definition) is 2. The molecule has 2 N–H and O–H groups in total. The average molecular weight is 301 g/mol. The largest absolute Gasteiger partial charge is 0.449 e. The van der Waals surface area contributed by atoms with Crippen LogP contribution in [-0.2, 0) is 6.54 Å². The van der Waals surface area contributed by atoms with Crippen LogP contribution in [0, 0.1) is 0 Å². The number of benzene rings is 1. The molecule has 1 unspecified atom stereocenters. The van der Waals surface area contributed by atoms with E-state index in [1.165, 1.54) is 0 Å². The molecule has 3 rings (SSSR count). The summed E-state index contributed by atoms with van der Waals surface area (Å²) in [5.41, 5.74) is 1.25. The zero-order valence-electron chi connectivity index (χ0n) is 12.7. The van der Waals surface area contributed by atoms with Gasteiger partial charge in [-0.1, -0.05) is 12.1 Å². The molecule has 0 bridgehead atoms. The summed E-state index contributed by atoms with van der Waals surface area (Å²) < 4.78 is 5.57. The quantitative estimate of drug-likeness (QED) is 0.752. The van der Waals surface area contributed by atoms with Crippen molar-refractivity contribution < 1.29 is 9.52 Å². The van der Waals surface area contributed by atoms with Crippen LogP contribution in [0.3, 0.4) is 0 Å². The molecular weight excluding hydrogens is 282 g/mol. The first-order valence-corrected chi connectivity index (χ1v) is 7.31. The molecule has 6 heteroatoms. The van der Waals surface area contributed by atoms with E-state index in [-0.39, 0.29) is 17.2 Å². The summed E-state index contributed by atoms with van der Waals surface area (Å²) in [6.45, 7) is 3.00. The van der Waals surface area contributed by atoms with Crippen LogP contribution in [0.2, 0.25) is 0 Å². The number of rotatable bonds is 5. The molecule has 6 nitrogen and oxygen atoms in total. The van der Waals surface area contributed by atoms with E-state index in [2.05, 4.69) is 9.97 Å². The van der Waals surface area contributed by atoms with Gasteiger partial charge < -0.3 is 14.5 Å². The van der Waals surface area contributed by atoms with Gasteiger partial charge in [-0.2, -0.15) is 0 Å². The maximum atomic E-state index is 12.2. The van der Waals surface area contributed by atoms with E-state index in [0.29, 0.717) is 29.9 Å². The summed E-state index contributed by atoms with van der Waals surface area (Å²) in [5.74, 6) is 0.595. The third-order valence-corrected chi connectivity index (χ3v) is 3.63. The Morgan fingerprint density at radius 3 is 2.95 bits per heavy atom. The zero-order chi connectivity index (χ0) is 15.7. The van der Waals surface area contributed by atoms with Crippen molar-refractivity contribution in [3.63, 3.8) is 0 Å². The lowest BCUT2D eigenvalue weighted by Crippen LogP contribution is -2.24. The van der Waals surface area contributed by atoms with Gasteiger partial charge in [0.1, 0.15) is 16.9 Å². The number of H-pyrrole nitrogens is 1. The molecule has 0 fully saturated rings. The van der Waals surface area contributed by atoms with Gasteiger partial charge in [0.05, 0.1) is 12.6 Å². The first kappa shape index (κ1) is 14.7. The van der Waals surface area contributed by atoms with Gasteiger partial charge in [0.15, 0.2) is 0 Å². The first-order valence-electron chi connectivity index (χ1n) is 7.31. The molecule has 2 heterocycles. The van der Waals surface area contributed by atoms with Crippen LogP contribution in [-0.4, -0.2) is 39.7 Å². The summed E-state index contributed by atoms with van der Waals surface area (Å²) in [6.07, 6.45) is 0.340. The second-order valence-corrected chi connectivity index (χ2v) is 5.66. The van der Waals surface area contributed by atoms with Gasteiger partial charge in [-0.05, 0) is 32.5 Å². The number of nitrogens with one attached hydrogen (secondary N) is 1. The maximum absolute atomic E-state index is 12.2. The van der Waals surface area contributed by atoms with Crippen LogP contribution in [0.4, 0.5) is 0 Å². The van der Waals surface area contributed by atoms with Crippen molar-refractivity contribution in [1.29, 1.82) is 0 Å². The minimum Gasteiger partial charge on any atom is -0.449 e. The van der Waals surface area contributed by atoms with Gasteiger partial charge in [-0.3, -0.25) is 9.69 Å². The van der Waals surface area contributed by atoms with E-state index in [4.69, 9.17) is 4.42 Å². The Kier molecular flexibility index (Phi) is 3.96. The number of furan rings is 1. The Balaban J connectivity index is 1.94. The summed E-state index contributed by atoms with van der Waals surface area (Å²) in [7, 11) is 1.93. The Bertz CT molecular complexity index is 851. The zero-order valence-corrected chi connectivity index (χ0v) is 12.7. The fraction of sp³-hybridized carbons (Fsp3) is 0.375. The standard InChI is InChI=1S/C16H19N3O3/c1-10(20)7-8-19(2)9-13-17-14-11-5-3-4-6-12(11)22-15(14)16(21)18-13/h3-6,10,20H,7-9H2,1-2H3,(H,17,18,21). The lowest BCUT2D eigenvalue weighted by Gasteiger charge is -2.16. The molecule has 0 saturated carbocycles. The molecule has 0 spiro atoms. The first-order chi connectivity index (χ1) is 10.5. The van der Waals surface area contributed by atoms with Crippen LogP contribution in [0.15, 0.2) is 33.5 Å². The Labute approximate surface area is 127 Å². The lowest BCUT2D eigenvalue weighted by atomic mass is 10.2. The van der Waals surface area contributed by atoms with Crippen molar-refractivity contribution in [3.05, 3.63) is 40.4 Å². The van der Waals surface area contributed by atoms with Crippen molar-refractivity contribution in [3.8, 4) is 0 Å². The molecule has 0 amide bonds. The third kappa shape index (κ3) is 2.88. The normalized spacial score (nSPS) is 13.3. The summed E-state index contributed by atoms with van der Waals surface area (Å²) in [6, 6.07) is 7.48. The summed E-state index contributed by atoms with van der Waals surface area (Å²) in [4.78, 5) is 21.5. The van der Waals surface area contributed by atoms with Gasteiger partial charge in [-0.15, -0.1) is 0 Å². The number of nitrogens with zero attached hydrogens (tertiary/aromatic N) is 2. The van der Waals surface area contributed by atoms with Gasteiger partial charge in [0.25, 0.3) is 5.56 Å². The van der Waals surface area contributed by atoms with Crippen molar-refractivity contribution in [2.45, 2.75) is 26.0 Å². The Morgan fingerprint density at radius 2 is 2.18 bits per heavy atom. The molecule has 0 aliphatic heterocycles. The van der Waals surface area contributed by atoms with Gasteiger partial charge in [0, 0.05) is 11.9 Å². The molecule has 0 aliphatic rings. The number of para-hydroxylation sites is 1. The molecule has 2 aromatic heterocycles. The highest BCUT2D eigenvalue weighted by Gasteiger charge is 2.13. The van der Waals surface area contributed by atoms with Crippen molar-refractivity contribution in [2.75, 3.05) is 13.6 Å². The van der Waals surface area contributed by atoms with E-state index in [1.54, 1.807) is 6.92 Å². The maximum Gasteiger partial charge on any atom is 0.294 e. The smallest absolute Gasteiger partial charge is 0.294 e. The molecule has 116 valence electrons. The second kappa shape index (κ2) is 5.90. The number of hydrogen-bond acceptors (Lipinski definition) is 5. The molecule has 1 atom stereocenters. The Morgan fingerprint density at radius 1 is 1.41 bits per heavy atom. The van der Waals surface area contributed by atoms with Gasteiger partial charge >= 0.3 is 0 Å². The third-order valence-electron chi connectivity index (χ3n) is 3.63. The van der Waals surface area contributed by atoms with Crippen LogP contribution >= 0.6 is 0 Å². The fourth-order valence-electron chi connectivity index (χ4n) is 2.46. The van der Waals surface area contributed by atoms with Gasteiger partial charge in [-0.25, -0.2) is 4.98 Å². The van der Waals surface area contributed by atoms with Gasteiger partial charge in [0.2, 0.25) is 5.58 Å². The highest BCUT2D eigenvalue weighted by atomic mass is 16.3. The SMILES string of the molecule is CC(O)CCN(C)Cc1nc2c(oc3ccccc32)c(=O)[nH]1. The Hall–Kier alpha value is -2.18. The highest BCUT2D eigenvalue weighted by Crippen LogP contribution is 2.24. The number of aliphatic hydroxyl groups is 1. The molecule has 0 aliphatic carbocycles. The molecule has 0 radical (unpaired) electrons. The molecule has 0 saturated heterocycles. The molecular formula is C16H19N3O3.